The Balaban J connectivity index is 1.85. The Morgan fingerprint density at radius 1 is 1.38 bits per heavy atom. The predicted molar refractivity (Wildman–Crippen MR) is 83.7 cm³/mol. The molecule has 2 aliphatic rings. The Bertz CT molecular complexity index is 411. The number of carbonyl (C=O) groups excluding carboxylic acids is 1. The molecule has 0 amide bonds. The quantitative estimate of drug-likeness (QED) is 0.426. The molecule has 4 atom stereocenters. The number of rotatable bonds is 5. The van der Waals surface area contributed by atoms with Crippen molar-refractivity contribution in [2.24, 2.45) is 17.3 Å². The third kappa shape index (κ3) is 4.32. The molecule has 3 nitrogen and oxygen atoms in total. The Morgan fingerprint density at radius 2 is 2.10 bits per heavy atom. The maximum absolute atomic E-state index is 12.1. The van der Waals surface area contributed by atoms with Crippen LogP contribution in [0.4, 0.5) is 0 Å². The maximum atomic E-state index is 12.1. The highest BCUT2D eigenvalue weighted by molar-refractivity contribution is 5.75. The fourth-order valence-corrected chi connectivity index (χ4v) is 3.45. The highest BCUT2D eigenvalue weighted by Gasteiger charge is 2.33. The van der Waals surface area contributed by atoms with Gasteiger partial charge in [0.05, 0.1) is 11.5 Å². The zero-order valence-corrected chi connectivity index (χ0v) is 14.1. The van der Waals surface area contributed by atoms with Gasteiger partial charge in [0.2, 0.25) is 0 Å². The summed E-state index contributed by atoms with van der Waals surface area (Å²) >= 11 is 0. The molecule has 3 heteroatoms. The fraction of sp³-hybridized carbons (Fsp3) is 0.833. The number of fused-ring (bicyclic) bond motifs is 2. The number of hydrogen-bond acceptors (Lipinski definition) is 3. The summed E-state index contributed by atoms with van der Waals surface area (Å²) < 4.78 is 11.5. The summed E-state index contributed by atoms with van der Waals surface area (Å²) in [4.78, 5) is 12.1. The van der Waals surface area contributed by atoms with Gasteiger partial charge in [-0.15, -0.1) is 0 Å². The van der Waals surface area contributed by atoms with Crippen LogP contribution in [0.2, 0.25) is 0 Å². The van der Waals surface area contributed by atoms with E-state index in [9.17, 15) is 4.79 Å². The summed E-state index contributed by atoms with van der Waals surface area (Å²) in [5, 5.41) is 0. The summed E-state index contributed by atoms with van der Waals surface area (Å²) in [7, 11) is 0. The molecule has 0 spiro atoms. The van der Waals surface area contributed by atoms with Crippen molar-refractivity contribution in [1.82, 2.24) is 0 Å². The largest absolute Gasteiger partial charge is 0.436 e. The fourth-order valence-electron chi connectivity index (χ4n) is 3.45. The van der Waals surface area contributed by atoms with E-state index in [1.165, 1.54) is 18.4 Å². The van der Waals surface area contributed by atoms with Gasteiger partial charge in [-0.25, -0.2) is 0 Å². The van der Waals surface area contributed by atoms with Crippen LogP contribution < -0.4 is 0 Å². The van der Waals surface area contributed by atoms with Crippen LogP contribution >= 0.6 is 0 Å². The van der Waals surface area contributed by atoms with E-state index in [4.69, 9.17) is 9.47 Å². The van der Waals surface area contributed by atoms with Gasteiger partial charge in [0.25, 0.3) is 0 Å². The van der Waals surface area contributed by atoms with Gasteiger partial charge in [-0.3, -0.25) is 4.79 Å². The molecule has 0 saturated heterocycles. The molecule has 2 bridgehead atoms. The minimum atomic E-state index is -0.454. The van der Waals surface area contributed by atoms with Crippen molar-refractivity contribution in [3.8, 4) is 0 Å². The van der Waals surface area contributed by atoms with Crippen LogP contribution in [0.3, 0.4) is 0 Å². The molecule has 0 aliphatic heterocycles. The van der Waals surface area contributed by atoms with E-state index >= 15 is 0 Å². The summed E-state index contributed by atoms with van der Waals surface area (Å²) in [6, 6.07) is 0. The van der Waals surface area contributed by atoms with E-state index in [0.29, 0.717) is 5.92 Å². The second kappa shape index (κ2) is 6.51. The van der Waals surface area contributed by atoms with Crippen molar-refractivity contribution in [2.75, 3.05) is 0 Å². The van der Waals surface area contributed by atoms with E-state index in [0.717, 1.165) is 25.2 Å². The van der Waals surface area contributed by atoms with E-state index in [1.54, 1.807) is 0 Å². The van der Waals surface area contributed by atoms with Gasteiger partial charge >= 0.3 is 5.97 Å². The van der Waals surface area contributed by atoms with E-state index < -0.39 is 11.7 Å². The molecule has 0 aromatic heterocycles. The lowest BCUT2D eigenvalue weighted by Gasteiger charge is -2.37. The Labute approximate surface area is 129 Å². The normalized spacial score (nSPS) is 30.5. The summed E-state index contributed by atoms with van der Waals surface area (Å²) in [6.45, 7) is 9.97. The first kappa shape index (κ1) is 16.5. The summed E-state index contributed by atoms with van der Waals surface area (Å²) in [6.07, 6.45) is 7.53. The Kier molecular flexibility index (Phi) is 5.13. The second-order valence-electron chi connectivity index (χ2n) is 7.52. The van der Waals surface area contributed by atoms with Gasteiger partial charge in [0.15, 0.2) is 6.29 Å². The number of ether oxygens (including phenoxy) is 2. The molecule has 0 aromatic carbocycles. The van der Waals surface area contributed by atoms with Crippen molar-refractivity contribution < 1.29 is 14.3 Å². The zero-order chi connectivity index (χ0) is 15.6. The number of hydrogen-bond donors (Lipinski definition) is 0. The van der Waals surface area contributed by atoms with Crippen LogP contribution in [0.1, 0.15) is 66.7 Å². The van der Waals surface area contributed by atoms with Crippen LogP contribution in [0.25, 0.3) is 0 Å². The lowest BCUT2D eigenvalue weighted by molar-refractivity contribution is -0.196. The van der Waals surface area contributed by atoms with Crippen molar-refractivity contribution in [3.05, 3.63) is 11.6 Å². The van der Waals surface area contributed by atoms with Gasteiger partial charge < -0.3 is 9.47 Å². The molecule has 120 valence electrons. The van der Waals surface area contributed by atoms with Crippen LogP contribution in [-0.2, 0) is 14.3 Å². The average Bonchev–Trinajstić information content (AvgIpc) is 2.36. The average molecular weight is 294 g/mol. The van der Waals surface area contributed by atoms with Crippen LogP contribution in [0, 0.1) is 17.3 Å². The van der Waals surface area contributed by atoms with Crippen LogP contribution in [-0.4, -0.2) is 18.4 Å². The second-order valence-corrected chi connectivity index (χ2v) is 7.52. The molecular weight excluding hydrogens is 264 g/mol. The van der Waals surface area contributed by atoms with Crippen molar-refractivity contribution >= 4 is 5.97 Å². The SMILES string of the molecule is CCC(C)(C)C(=O)OC(C)OC1CC2=CC(C)CC(C2)C1. The van der Waals surface area contributed by atoms with Gasteiger partial charge in [0.1, 0.15) is 0 Å². The third-order valence-corrected chi connectivity index (χ3v) is 4.96. The van der Waals surface area contributed by atoms with Crippen LogP contribution in [0.15, 0.2) is 11.6 Å². The topological polar surface area (TPSA) is 35.5 Å². The Morgan fingerprint density at radius 3 is 2.71 bits per heavy atom. The Hall–Kier alpha value is -0.830. The first-order valence-corrected chi connectivity index (χ1v) is 8.36. The minimum absolute atomic E-state index is 0.165. The first-order valence-electron chi connectivity index (χ1n) is 8.36. The van der Waals surface area contributed by atoms with Gasteiger partial charge in [-0.1, -0.05) is 25.5 Å². The third-order valence-electron chi connectivity index (χ3n) is 4.96. The molecule has 1 fully saturated rings. The smallest absolute Gasteiger partial charge is 0.313 e. The molecule has 0 N–H and O–H groups in total. The maximum Gasteiger partial charge on any atom is 0.313 e. The molecule has 0 radical (unpaired) electrons. The van der Waals surface area contributed by atoms with Gasteiger partial charge in [-0.05, 0) is 64.7 Å². The number of esters is 1. The molecule has 4 unspecified atom stereocenters. The molecule has 0 aromatic rings. The van der Waals surface area contributed by atoms with Crippen molar-refractivity contribution in [1.29, 1.82) is 0 Å². The molecule has 2 rings (SSSR count). The van der Waals surface area contributed by atoms with Crippen molar-refractivity contribution in [2.45, 2.75) is 79.1 Å². The van der Waals surface area contributed by atoms with E-state index in [-0.39, 0.29) is 12.1 Å². The first-order chi connectivity index (χ1) is 9.80. The summed E-state index contributed by atoms with van der Waals surface area (Å²) in [5.74, 6) is 1.29. The molecule has 2 aliphatic carbocycles. The predicted octanol–water partition coefficient (Wildman–Crippen LogP) is 4.46. The zero-order valence-electron chi connectivity index (χ0n) is 14.1. The number of carbonyl (C=O) groups is 1. The molecule has 0 heterocycles. The van der Waals surface area contributed by atoms with E-state index in [1.807, 2.05) is 27.7 Å². The van der Waals surface area contributed by atoms with E-state index in [2.05, 4.69) is 13.0 Å². The lowest BCUT2D eigenvalue weighted by Crippen LogP contribution is -2.35. The molecular formula is C18H30O3. The minimum Gasteiger partial charge on any atom is -0.436 e. The highest BCUT2D eigenvalue weighted by atomic mass is 16.7. The molecule has 1 saturated carbocycles. The van der Waals surface area contributed by atoms with Crippen LogP contribution in [0.5, 0.6) is 0 Å². The molecule has 21 heavy (non-hydrogen) atoms. The van der Waals surface area contributed by atoms with Gasteiger partial charge in [-0.2, -0.15) is 0 Å². The highest BCUT2D eigenvalue weighted by Crippen LogP contribution is 2.39. The van der Waals surface area contributed by atoms with Crippen molar-refractivity contribution in [3.63, 3.8) is 0 Å². The summed E-state index contributed by atoms with van der Waals surface area (Å²) in [5.41, 5.74) is 1.10. The lowest BCUT2D eigenvalue weighted by atomic mass is 9.74. The van der Waals surface area contributed by atoms with Gasteiger partial charge in [0, 0.05) is 0 Å². The standard InChI is InChI=1S/C18H30O3/c1-6-18(4,5)17(19)21-13(3)20-16-10-14-7-12(2)8-15(9-14)11-16/h7,12-13,15-16H,6,8-11H2,1-5H3. The number of allylic oxidation sites excluding steroid dienone is 1. The monoisotopic (exact) mass is 294 g/mol.